The van der Waals surface area contributed by atoms with E-state index in [9.17, 15) is 9.59 Å². The molecule has 0 aromatic heterocycles. The lowest BCUT2D eigenvalue weighted by molar-refractivity contribution is -0.161. The van der Waals surface area contributed by atoms with Crippen molar-refractivity contribution in [3.05, 3.63) is 29.8 Å². The number of halogens is 2. The molecule has 2 saturated heterocycles. The number of nitrogens with zero attached hydrogens (tertiary/aromatic N) is 1. The van der Waals surface area contributed by atoms with Crippen LogP contribution in [0.15, 0.2) is 24.3 Å². The third kappa shape index (κ3) is 3.02. The van der Waals surface area contributed by atoms with Gasteiger partial charge in [-0.15, -0.1) is 11.8 Å². The van der Waals surface area contributed by atoms with Crippen molar-refractivity contribution in [2.45, 2.75) is 38.0 Å². The SMILES string of the molecule is COc1ccc(COC(=O)[C@@H]2N3C(=O)C(I)(I)[C@H]3SC2(C)C)cc1. The summed E-state index contributed by atoms with van der Waals surface area (Å²) >= 11 is 6.00. The van der Waals surface area contributed by atoms with E-state index in [4.69, 9.17) is 9.47 Å². The zero-order valence-corrected chi connectivity index (χ0v) is 18.5. The molecule has 8 heteroatoms. The average Bonchev–Trinajstić information content (AvgIpc) is 2.83. The molecule has 24 heavy (non-hydrogen) atoms. The maximum absolute atomic E-state index is 12.6. The topological polar surface area (TPSA) is 55.8 Å². The molecule has 2 aliphatic rings. The quantitative estimate of drug-likeness (QED) is 0.240. The number of carbonyl (C=O) groups is 2. The summed E-state index contributed by atoms with van der Waals surface area (Å²) in [6, 6.07) is 6.83. The van der Waals surface area contributed by atoms with E-state index < -0.39 is 7.47 Å². The van der Waals surface area contributed by atoms with Gasteiger partial charge in [-0.05, 0) is 31.5 Å². The van der Waals surface area contributed by atoms with Gasteiger partial charge in [0.15, 0.2) is 1.43 Å². The summed E-state index contributed by atoms with van der Waals surface area (Å²) in [5.41, 5.74) is 0.885. The molecule has 0 bridgehead atoms. The molecular weight excluding hydrogens is 556 g/mol. The van der Waals surface area contributed by atoms with Crippen LogP contribution in [0.2, 0.25) is 0 Å². The molecule has 2 fully saturated rings. The number of ether oxygens (including phenoxy) is 2. The van der Waals surface area contributed by atoms with Gasteiger partial charge in [-0.2, -0.15) is 0 Å². The highest BCUT2D eigenvalue weighted by Crippen LogP contribution is 2.60. The first-order valence-electron chi connectivity index (χ1n) is 7.36. The molecule has 1 aromatic rings. The van der Waals surface area contributed by atoms with E-state index in [1.165, 1.54) is 0 Å². The highest BCUT2D eigenvalue weighted by Gasteiger charge is 2.70. The number of amides is 1. The molecule has 3 rings (SSSR count). The minimum Gasteiger partial charge on any atom is -0.497 e. The van der Waals surface area contributed by atoms with Crippen molar-refractivity contribution in [2.24, 2.45) is 0 Å². The molecule has 0 aliphatic carbocycles. The third-order valence-corrected chi connectivity index (χ3v) is 8.78. The van der Waals surface area contributed by atoms with Crippen LogP contribution in [-0.4, -0.2) is 41.5 Å². The fraction of sp³-hybridized carbons (Fsp3) is 0.500. The Morgan fingerprint density at radius 2 is 1.92 bits per heavy atom. The number of benzene rings is 1. The van der Waals surface area contributed by atoms with Gasteiger partial charge >= 0.3 is 5.97 Å². The lowest BCUT2D eigenvalue weighted by Crippen LogP contribution is -2.68. The first kappa shape index (κ1) is 18.6. The Morgan fingerprint density at radius 3 is 2.50 bits per heavy atom. The van der Waals surface area contributed by atoms with Gasteiger partial charge in [0.2, 0.25) is 0 Å². The number of carbonyl (C=O) groups excluding carboxylic acids is 2. The zero-order valence-electron chi connectivity index (χ0n) is 13.4. The highest BCUT2D eigenvalue weighted by molar-refractivity contribution is 14.2. The van der Waals surface area contributed by atoms with Crippen molar-refractivity contribution in [3.63, 3.8) is 0 Å². The van der Waals surface area contributed by atoms with Crippen molar-refractivity contribution >= 4 is 68.8 Å². The lowest BCUT2D eigenvalue weighted by atomic mass is 9.98. The molecule has 130 valence electrons. The number of fused-ring (bicyclic) bond motifs is 1. The van der Waals surface area contributed by atoms with Gasteiger partial charge in [0, 0.05) is 4.75 Å². The molecule has 0 saturated carbocycles. The molecule has 0 N–H and O–H groups in total. The summed E-state index contributed by atoms with van der Waals surface area (Å²) in [5, 5.41) is 0.0136. The fourth-order valence-electron chi connectivity index (χ4n) is 2.92. The number of methoxy groups -OCH3 is 1. The summed E-state index contributed by atoms with van der Waals surface area (Å²) in [7, 11) is 1.61. The number of hydrogen-bond acceptors (Lipinski definition) is 5. The predicted molar refractivity (Wildman–Crippen MR) is 110 cm³/mol. The molecule has 0 radical (unpaired) electrons. The molecule has 2 aliphatic heterocycles. The molecule has 0 unspecified atom stereocenters. The minimum absolute atomic E-state index is 0.00169. The second kappa shape index (κ2) is 6.49. The first-order valence-corrected chi connectivity index (χ1v) is 10.4. The van der Waals surface area contributed by atoms with Crippen molar-refractivity contribution < 1.29 is 19.1 Å². The Balaban J connectivity index is 1.69. The Hall–Kier alpha value is -0.230. The molecular formula is C16H17I2NO4S. The van der Waals surface area contributed by atoms with E-state index in [0.29, 0.717) is 0 Å². The number of hydrogen-bond donors (Lipinski definition) is 0. The predicted octanol–water partition coefficient (Wildman–Crippen LogP) is 3.37. The van der Waals surface area contributed by atoms with Crippen LogP contribution in [0.25, 0.3) is 0 Å². The summed E-state index contributed by atoms with van der Waals surface area (Å²) in [5.74, 6) is 0.411. The summed E-state index contributed by atoms with van der Waals surface area (Å²) < 4.78 is 9.77. The van der Waals surface area contributed by atoms with Gasteiger partial charge in [-0.1, -0.05) is 57.3 Å². The number of alkyl halides is 2. The van der Waals surface area contributed by atoms with E-state index in [1.807, 2.05) is 38.1 Å². The largest absolute Gasteiger partial charge is 0.497 e. The van der Waals surface area contributed by atoms with Gasteiger partial charge in [-0.25, -0.2) is 4.79 Å². The Kier molecular flexibility index (Phi) is 5.02. The van der Waals surface area contributed by atoms with Crippen LogP contribution in [0, 0.1) is 0 Å². The normalized spacial score (nSPS) is 26.5. The van der Waals surface area contributed by atoms with Crippen LogP contribution in [0.4, 0.5) is 0 Å². The van der Waals surface area contributed by atoms with Crippen LogP contribution < -0.4 is 4.74 Å². The van der Waals surface area contributed by atoms with Gasteiger partial charge in [-0.3, -0.25) is 4.79 Å². The van der Waals surface area contributed by atoms with Crippen molar-refractivity contribution in [2.75, 3.05) is 7.11 Å². The smallest absolute Gasteiger partial charge is 0.330 e. The van der Waals surface area contributed by atoms with E-state index >= 15 is 0 Å². The zero-order chi connectivity index (χ0) is 17.7. The maximum Gasteiger partial charge on any atom is 0.330 e. The lowest BCUT2D eigenvalue weighted by Gasteiger charge is -2.46. The second-order valence-corrected chi connectivity index (χ2v) is 13.5. The summed E-state index contributed by atoms with van der Waals surface area (Å²) in [4.78, 5) is 26.7. The number of β-lactam (4-membered cyclic amide) rings is 1. The number of rotatable bonds is 4. The standard InChI is InChI=1S/C16H17I2NO4S/c1-15(2)11(19-13(21)16(17,18)14(19)24-15)12(20)23-8-9-4-6-10(22-3)7-5-9/h4-7,11,14H,8H2,1-3H3/t11-,14+/m0/s1. The summed E-state index contributed by atoms with van der Waals surface area (Å²) in [6.07, 6.45) is 0. The van der Waals surface area contributed by atoms with Gasteiger partial charge < -0.3 is 14.4 Å². The fourth-order valence-corrected chi connectivity index (χ4v) is 6.33. The van der Waals surface area contributed by atoms with Gasteiger partial charge in [0.25, 0.3) is 5.91 Å². The Bertz CT molecular complexity index is 677. The van der Waals surface area contributed by atoms with Crippen molar-refractivity contribution in [3.8, 4) is 5.75 Å². The molecule has 1 amide bonds. The second-order valence-electron chi connectivity index (χ2n) is 6.27. The summed E-state index contributed by atoms with van der Waals surface area (Å²) in [6.45, 7) is 4.17. The van der Waals surface area contributed by atoms with Crippen LogP contribution in [0.1, 0.15) is 19.4 Å². The van der Waals surface area contributed by atoms with Crippen molar-refractivity contribution in [1.29, 1.82) is 0 Å². The molecule has 2 atom stereocenters. The van der Waals surface area contributed by atoms with Crippen LogP contribution in [0.3, 0.4) is 0 Å². The monoisotopic (exact) mass is 573 g/mol. The first-order chi connectivity index (χ1) is 11.2. The van der Waals surface area contributed by atoms with Crippen molar-refractivity contribution in [1.82, 2.24) is 4.90 Å². The highest BCUT2D eigenvalue weighted by atomic mass is 127. The van der Waals surface area contributed by atoms with Crippen LogP contribution in [0.5, 0.6) is 5.75 Å². The molecule has 0 spiro atoms. The molecule has 5 nitrogen and oxygen atoms in total. The Morgan fingerprint density at radius 1 is 1.29 bits per heavy atom. The molecule has 2 heterocycles. The van der Waals surface area contributed by atoms with Gasteiger partial charge in [0.05, 0.1) is 7.11 Å². The minimum atomic E-state index is -0.545. The average molecular weight is 573 g/mol. The Labute approximate surface area is 172 Å². The number of thioether (sulfide) groups is 1. The van der Waals surface area contributed by atoms with E-state index in [2.05, 4.69) is 45.2 Å². The van der Waals surface area contributed by atoms with E-state index in [-0.39, 0.29) is 28.6 Å². The maximum atomic E-state index is 12.6. The van der Waals surface area contributed by atoms with Crippen LogP contribution >= 0.6 is 56.9 Å². The van der Waals surface area contributed by atoms with Gasteiger partial charge in [0.1, 0.15) is 23.8 Å². The van der Waals surface area contributed by atoms with E-state index in [1.54, 1.807) is 23.8 Å². The molecule has 1 aromatic carbocycles. The van der Waals surface area contributed by atoms with Crippen LogP contribution in [-0.2, 0) is 20.9 Å². The third-order valence-electron chi connectivity index (χ3n) is 4.20. The number of esters is 1. The van der Waals surface area contributed by atoms with E-state index in [0.717, 1.165) is 11.3 Å².